The lowest BCUT2D eigenvalue weighted by atomic mass is 10.3. The number of hydrogen-bond donors (Lipinski definition) is 2. The average Bonchev–Trinajstić information content (AvgIpc) is 2.59. The summed E-state index contributed by atoms with van der Waals surface area (Å²) in [4.78, 5) is 13.1. The highest BCUT2D eigenvalue weighted by atomic mass is 35.5. The third-order valence-corrected chi connectivity index (χ3v) is 4.18. The van der Waals surface area contributed by atoms with E-state index in [0.717, 1.165) is 16.4 Å². The van der Waals surface area contributed by atoms with Gasteiger partial charge in [0, 0.05) is 0 Å². The van der Waals surface area contributed by atoms with Gasteiger partial charge in [0.15, 0.2) is 6.54 Å². The molecular formula is C18H21Cl2N2O3+. The fourth-order valence-corrected chi connectivity index (χ4v) is 2.67. The number of hydrogen-bond acceptors (Lipinski definition) is 3. The van der Waals surface area contributed by atoms with E-state index in [1.165, 1.54) is 0 Å². The van der Waals surface area contributed by atoms with Gasteiger partial charge >= 0.3 is 0 Å². The molecule has 5 nitrogen and oxygen atoms in total. The van der Waals surface area contributed by atoms with E-state index in [4.69, 9.17) is 32.7 Å². The van der Waals surface area contributed by atoms with Crippen LogP contribution in [0.25, 0.3) is 0 Å². The van der Waals surface area contributed by atoms with Crippen molar-refractivity contribution in [2.75, 3.05) is 39.2 Å². The largest absolute Gasteiger partial charge is 0.497 e. The van der Waals surface area contributed by atoms with Crippen LogP contribution in [0.5, 0.6) is 11.5 Å². The van der Waals surface area contributed by atoms with Crippen LogP contribution in [0.4, 0.5) is 5.69 Å². The SMILES string of the molecule is COc1ccc(OCC[NH+](C)CC(=O)Nc2c(Cl)cccc2Cl)cc1. The number of benzene rings is 2. The number of anilines is 1. The van der Waals surface area contributed by atoms with E-state index in [-0.39, 0.29) is 12.5 Å². The Bertz CT molecular complexity index is 688. The first-order valence-corrected chi connectivity index (χ1v) is 8.57. The quantitative estimate of drug-likeness (QED) is 0.736. The Labute approximate surface area is 157 Å². The van der Waals surface area contributed by atoms with Crippen LogP contribution < -0.4 is 19.7 Å². The first-order valence-electron chi connectivity index (χ1n) is 7.81. The summed E-state index contributed by atoms with van der Waals surface area (Å²) in [6.45, 7) is 1.46. The van der Waals surface area contributed by atoms with Crippen LogP contribution in [0.15, 0.2) is 42.5 Å². The molecule has 2 N–H and O–H groups in total. The molecule has 0 aliphatic rings. The highest BCUT2D eigenvalue weighted by Gasteiger charge is 2.13. The molecule has 2 aromatic carbocycles. The Morgan fingerprint density at radius 1 is 1.08 bits per heavy atom. The van der Waals surface area contributed by atoms with Gasteiger partial charge in [-0.2, -0.15) is 0 Å². The number of methoxy groups -OCH3 is 1. The lowest BCUT2D eigenvalue weighted by Gasteiger charge is -2.15. The summed E-state index contributed by atoms with van der Waals surface area (Å²) in [6, 6.07) is 12.5. The fraction of sp³-hybridized carbons (Fsp3) is 0.278. The van der Waals surface area contributed by atoms with Crippen LogP contribution in [-0.4, -0.2) is 39.8 Å². The van der Waals surface area contributed by atoms with Crippen molar-refractivity contribution < 1.29 is 19.2 Å². The molecule has 0 spiro atoms. The van der Waals surface area contributed by atoms with Gasteiger partial charge in [-0.3, -0.25) is 4.79 Å². The van der Waals surface area contributed by atoms with Crippen LogP contribution in [0.2, 0.25) is 10.0 Å². The number of rotatable bonds is 8. The van der Waals surface area contributed by atoms with E-state index in [2.05, 4.69) is 5.32 Å². The van der Waals surface area contributed by atoms with Crippen LogP contribution >= 0.6 is 23.2 Å². The summed E-state index contributed by atoms with van der Waals surface area (Å²) < 4.78 is 10.8. The molecule has 1 amide bonds. The van der Waals surface area contributed by atoms with Gasteiger partial charge in [-0.25, -0.2) is 0 Å². The number of carbonyl (C=O) groups is 1. The van der Waals surface area contributed by atoms with Crippen LogP contribution in [0.3, 0.4) is 0 Å². The first kappa shape index (κ1) is 19.4. The normalized spacial score (nSPS) is 11.7. The van der Waals surface area contributed by atoms with Crippen LogP contribution in [0.1, 0.15) is 0 Å². The molecular weight excluding hydrogens is 363 g/mol. The van der Waals surface area contributed by atoms with E-state index >= 15 is 0 Å². The second-order valence-electron chi connectivity index (χ2n) is 5.55. The van der Waals surface area contributed by atoms with Crippen LogP contribution in [0, 0.1) is 0 Å². The molecule has 2 rings (SSSR count). The Morgan fingerprint density at radius 2 is 1.68 bits per heavy atom. The topological polar surface area (TPSA) is 52.0 Å². The molecule has 2 aromatic rings. The molecule has 0 saturated carbocycles. The number of ether oxygens (including phenoxy) is 2. The number of halogens is 2. The van der Waals surface area contributed by atoms with Crippen molar-refractivity contribution in [1.29, 1.82) is 0 Å². The Hall–Kier alpha value is -1.95. The van der Waals surface area contributed by atoms with E-state index in [0.29, 0.717) is 28.9 Å². The van der Waals surface area contributed by atoms with Gasteiger partial charge in [0.2, 0.25) is 0 Å². The smallest absolute Gasteiger partial charge is 0.279 e. The molecule has 0 radical (unpaired) electrons. The fourth-order valence-electron chi connectivity index (χ4n) is 2.18. The van der Waals surface area contributed by atoms with Crippen molar-refractivity contribution in [2.24, 2.45) is 0 Å². The summed E-state index contributed by atoms with van der Waals surface area (Å²) in [5.74, 6) is 1.39. The maximum atomic E-state index is 12.1. The van der Waals surface area contributed by atoms with Crippen molar-refractivity contribution in [3.63, 3.8) is 0 Å². The standard InChI is InChI=1S/C18H20Cl2N2O3/c1-22(10-11-25-14-8-6-13(24-2)7-9-14)12-17(23)21-18-15(19)4-3-5-16(18)20/h3-9H,10-12H2,1-2H3,(H,21,23)/p+1. The summed E-state index contributed by atoms with van der Waals surface area (Å²) in [5, 5.41) is 3.59. The van der Waals surface area contributed by atoms with Gasteiger partial charge in [-0.15, -0.1) is 0 Å². The third-order valence-electron chi connectivity index (χ3n) is 3.55. The number of nitrogens with one attached hydrogen (secondary N) is 2. The van der Waals surface area contributed by atoms with E-state index < -0.39 is 0 Å². The minimum atomic E-state index is -0.156. The van der Waals surface area contributed by atoms with Gasteiger partial charge in [0.05, 0.1) is 29.9 Å². The molecule has 0 saturated heterocycles. The number of carbonyl (C=O) groups excluding carboxylic acids is 1. The van der Waals surface area contributed by atoms with E-state index in [1.807, 2.05) is 31.3 Å². The first-order chi connectivity index (χ1) is 12.0. The molecule has 0 bridgehead atoms. The lowest BCUT2D eigenvalue weighted by molar-refractivity contribution is -0.871. The second-order valence-corrected chi connectivity index (χ2v) is 6.37. The summed E-state index contributed by atoms with van der Waals surface area (Å²) in [6.07, 6.45) is 0. The van der Waals surface area contributed by atoms with Gasteiger partial charge in [-0.1, -0.05) is 29.3 Å². The molecule has 134 valence electrons. The zero-order valence-electron chi connectivity index (χ0n) is 14.1. The third kappa shape index (κ3) is 6.12. The molecule has 0 aliphatic heterocycles. The molecule has 7 heteroatoms. The highest BCUT2D eigenvalue weighted by Crippen LogP contribution is 2.29. The van der Waals surface area contributed by atoms with Gasteiger partial charge in [0.1, 0.15) is 24.7 Å². The number of likely N-dealkylation sites (N-methyl/N-ethyl adjacent to an activating group) is 1. The predicted octanol–water partition coefficient (Wildman–Crippen LogP) is 2.53. The average molecular weight is 384 g/mol. The van der Waals surface area contributed by atoms with Crippen molar-refractivity contribution in [1.82, 2.24) is 0 Å². The van der Waals surface area contributed by atoms with Gasteiger partial charge in [-0.05, 0) is 36.4 Å². The molecule has 1 unspecified atom stereocenters. The molecule has 0 fully saturated rings. The molecule has 1 atom stereocenters. The lowest BCUT2D eigenvalue weighted by Crippen LogP contribution is -3.10. The van der Waals surface area contributed by atoms with Gasteiger partial charge < -0.3 is 19.7 Å². The van der Waals surface area contributed by atoms with Crippen molar-refractivity contribution in [3.8, 4) is 11.5 Å². The molecule has 0 aliphatic carbocycles. The molecule has 25 heavy (non-hydrogen) atoms. The minimum Gasteiger partial charge on any atom is -0.497 e. The maximum absolute atomic E-state index is 12.1. The second kappa shape index (κ2) is 9.51. The van der Waals surface area contributed by atoms with E-state index in [1.54, 1.807) is 25.3 Å². The van der Waals surface area contributed by atoms with Crippen molar-refractivity contribution in [2.45, 2.75) is 0 Å². The summed E-state index contributed by atoms with van der Waals surface area (Å²) in [5.41, 5.74) is 0.443. The van der Waals surface area contributed by atoms with Crippen molar-refractivity contribution >= 4 is 34.8 Å². The monoisotopic (exact) mass is 383 g/mol. The summed E-state index contributed by atoms with van der Waals surface area (Å²) in [7, 11) is 3.54. The van der Waals surface area contributed by atoms with E-state index in [9.17, 15) is 4.79 Å². The maximum Gasteiger partial charge on any atom is 0.279 e. The van der Waals surface area contributed by atoms with Crippen LogP contribution in [-0.2, 0) is 4.79 Å². The number of para-hydroxylation sites is 1. The van der Waals surface area contributed by atoms with Crippen molar-refractivity contribution in [3.05, 3.63) is 52.5 Å². The number of amides is 1. The molecule has 0 heterocycles. The molecule has 0 aromatic heterocycles. The van der Waals surface area contributed by atoms with Gasteiger partial charge in [0.25, 0.3) is 5.91 Å². The Kier molecular flexibility index (Phi) is 7.37. The number of quaternary nitrogens is 1. The highest BCUT2D eigenvalue weighted by molar-refractivity contribution is 6.39. The predicted molar refractivity (Wildman–Crippen MR) is 100 cm³/mol. The Balaban J connectivity index is 1.75. The zero-order valence-corrected chi connectivity index (χ0v) is 15.7. The Morgan fingerprint density at radius 3 is 2.28 bits per heavy atom. The summed E-state index contributed by atoms with van der Waals surface area (Å²) >= 11 is 12.1. The zero-order chi connectivity index (χ0) is 18.2. The minimum absolute atomic E-state index is 0.156.